The fourth-order valence-corrected chi connectivity index (χ4v) is 3.00. The summed E-state index contributed by atoms with van der Waals surface area (Å²) < 4.78 is 2.16. The Labute approximate surface area is 129 Å². The summed E-state index contributed by atoms with van der Waals surface area (Å²) in [6, 6.07) is 10.6. The molecule has 22 heavy (non-hydrogen) atoms. The highest BCUT2D eigenvalue weighted by Crippen LogP contribution is 2.33. The van der Waals surface area contributed by atoms with Crippen LogP contribution in [0.15, 0.2) is 42.7 Å². The van der Waals surface area contributed by atoms with E-state index in [0.717, 1.165) is 35.9 Å². The molecule has 0 aliphatic carbocycles. The predicted molar refractivity (Wildman–Crippen MR) is 86.3 cm³/mol. The van der Waals surface area contributed by atoms with E-state index in [0.29, 0.717) is 0 Å². The van der Waals surface area contributed by atoms with Crippen LogP contribution in [0.2, 0.25) is 0 Å². The molecule has 5 nitrogen and oxygen atoms in total. The molecule has 0 unspecified atom stereocenters. The Bertz CT molecular complexity index is 822. The minimum atomic E-state index is 0.897. The minimum Gasteiger partial charge on any atom is -0.372 e. The van der Waals surface area contributed by atoms with Gasteiger partial charge in [-0.05, 0) is 30.7 Å². The molecule has 3 aromatic rings. The average Bonchev–Trinajstić information content (AvgIpc) is 2.86. The van der Waals surface area contributed by atoms with Crippen LogP contribution in [-0.4, -0.2) is 33.3 Å². The number of benzene rings is 1. The van der Waals surface area contributed by atoms with Gasteiger partial charge in [0.05, 0.1) is 11.4 Å². The molecule has 0 saturated heterocycles. The molecule has 0 bridgehead atoms. The molecular weight excluding hydrogens is 274 g/mol. The molecule has 0 spiro atoms. The van der Waals surface area contributed by atoms with Crippen molar-refractivity contribution < 1.29 is 0 Å². The van der Waals surface area contributed by atoms with Crippen LogP contribution in [0, 0.1) is 6.92 Å². The Balaban J connectivity index is 1.91. The van der Waals surface area contributed by atoms with Crippen LogP contribution >= 0.6 is 0 Å². The SMILES string of the molecule is Cc1nnc2n1-c1ccc(-c3cccnc3)cc1N(C)CC2. The smallest absolute Gasteiger partial charge is 0.139 e. The van der Waals surface area contributed by atoms with Gasteiger partial charge in [0.15, 0.2) is 0 Å². The van der Waals surface area contributed by atoms with E-state index in [1.165, 1.54) is 11.3 Å². The van der Waals surface area contributed by atoms with Crippen molar-refractivity contribution in [2.45, 2.75) is 13.3 Å². The van der Waals surface area contributed by atoms with E-state index in [4.69, 9.17) is 0 Å². The number of likely N-dealkylation sites (N-methyl/N-ethyl adjacent to an activating group) is 1. The number of aromatic nitrogens is 4. The van der Waals surface area contributed by atoms with Crippen molar-refractivity contribution in [3.05, 3.63) is 54.4 Å². The highest BCUT2D eigenvalue weighted by atomic mass is 15.3. The fraction of sp³-hybridized carbons (Fsp3) is 0.235. The van der Waals surface area contributed by atoms with Gasteiger partial charge in [0.25, 0.3) is 0 Å². The number of anilines is 1. The average molecular weight is 291 g/mol. The van der Waals surface area contributed by atoms with E-state index in [-0.39, 0.29) is 0 Å². The van der Waals surface area contributed by atoms with Gasteiger partial charge in [0, 0.05) is 38.0 Å². The number of nitrogens with zero attached hydrogens (tertiary/aromatic N) is 5. The van der Waals surface area contributed by atoms with Gasteiger partial charge in [-0.1, -0.05) is 12.1 Å². The number of aryl methyl sites for hydroxylation is 1. The summed E-state index contributed by atoms with van der Waals surface area (Å²) in [7, 11) is 2.13. The summed E-state index contributed by atoms with van der Waals surface area (Å²) in [4.78, 5) is 6.49. The third-order valence-corrected chi connectivity index (χ3v) is 4.19. The van der Waals surface area contributed by atoms with E-state index in [1.807, 2.05) is 19.2 Å². The number of hydrogen-bond donors (Lipinski definition) is 0. The number of hydrogen-bond acceptors (Lipinski definition) is 4. The zero-order chi connectivity index (χ0) is 15.1. The van der Waals surface area contributed by atoms with Gasteiger partial charge in [-0.3, -0.25) is 9.55 Å². The lowest BCUT2D eigenvalue weighted by Crippen LogP contribution is -2.19. The molecule has 0 radical (unpaired) electrons. The highest BCUT2D eigenvalue weighted by Gasteiger charge is 2.21. The summed E-state index contributed by atoms with van der Waals surface area (Å²) in [6.45, 7) is 2.93. The number of rotatable bonds is 1. The molecule has 0 atom stereocenters. The Hall–Kier alpha value is -2.69. The molecule has 0 amide bonds. The number of fused-ring (bicyclic) bond motifs is 3. The molecule has 1 aromatic carbocycles. The first-order valence-electron chi connectivity index (χ1n) is 7.41. The van der Waals surface area contributed by atoms with Gasteiger partial charge in [0.2, 0.25) is 0 Å². The fourth-order valence-electron chi connectivity index (χ4n) is 3.00. The zero-order valence-corrected chi connectivity index (χ0v) is 12.7. The van der Waals surface area contributed by atoms with Crippen LogP contribution in [0.4, 0.5) is 5.69 Å². The first kappa shape index (κ1) is 13.0. The zero-order valence-electron chi connectivity index (χ0n) is 12.7. The second kappa shape index (κ2) is 4.94. The van der Waals surface area contributed by atoms with Gasteiger partial charge in [-0.25, -0.2) is 0 Å². The standard InChI is InChI=1S/C17H17N5/c1-12-19-20-17-7-9-21(2)16-10-13(5-6-15(16)22(12)17)14-4-3-8-18-11-14/h3-6,8,10-11H,7,9H2,1-2H3. The molecule has 0 N–H and O–H groups in total. The Kier molecular flexibility index (Phi) is 2.92. The summed E-state index contributed by atoms with van der Waals surface area (Å²) in [6.07, 6.45) is 4.59. The first-order valence-corrected chi connectivity index (χ1v) is 7.41. The molecule has 3 heterocycles. The van der Waals surface area contributed by atoms with Crippen molar-refractivity contribution in [2.24, 2.45) is 0 Å². The Morgan fingerprint density at radius 3 is 2.77 bits per heavy atom. The van der Waals surface area contributed by atoms with Gasteiger partial charge in [0.1, 0.15) is 11.6 Å². The number of pyridine rings is 1. The molecule has 2 aromatic heterocycles. The van der Waals surface area contributed by atoms with Crippen LogP contribution in [0.5, 0.6) is 0 Å². The van der Waals surface area contributed by atoms with Crippen LogP contribution in [-0.2, 0) is 6.42 Å². The molecular formula is C17H17N5. The van der Waals surface area contributed by atoms with Gasteiger partial charge < -0.3 is 4.90 Å². The normalized spacial score (nSPS) is 13.5. The van der Waals surface area contributed by atoms with Crippen LogP contribution in [0.1, 0.15) is 11.6 Å². The maximum Gasteiger partial charge on any atom is 0.139 e. The molecule has 5 heteroatoms. The largest absolute Gasteiger partial charge is 0.372 e. The van der Waals surface area contributed by atoms with Crippen molar-refractivity contribution in [3.63, 3.8) is 0 Å². The minimum absolute atomic E-state index is 0.897. The van der Waals surface area contributed by atoms with Crippen LogP contribution < -0.4 is 4.90 Å². The van der Waals surface area contributed by atoms with Crippen molar-refractivity contribution >= 4 is 5.69 Å². The predicted octanol–water partition coefficient (Wildman–Crippen LogP) is 2.63. The van der Waals surface area contributed by atoms with E-state index >= 15 is 0 Å². The Morgan fingerprint density at radius 1 is 1.05 bits per heavy atom. The summed E-state index contributed by atoms with van der Waals surface area (Å²) in [5.41, 5.74) is 4.64. The summed E-state index contributed by atoms with van der Waals surface area (Å²) in [5, 5.41) is 8.54. The monoisotopic (exact) mass is 291 g/mol. The maximum absolute atomic E-state index is 4.31. The molecule has 1 aliphatic heterocycles. The second-order valence-electron chi connectivity index (χ2n) is 5.62. The maximum atomic E-state index is 4.31. The molecule has 0 fully saturated rings. The van der Waals surface area contributed by atoms with Gasteiger partial charge in [-0.2, -0.15) is 0 Å². The molecule has 110 valence electrons. The van der Waals surface area contributed by atoms with Crippen LogP contribution in [0.25, 0.3) is 16.8 Å². The lowest BCUT2D eigenvalue weighted by atomic mass is 10.1. The lowest BCUT2D eigenvalue weighted by Gasteiger charge is -2.20. The molecule has 0 saturated carbocycles. The lowest BCUT2D eigenvalue weighted by molar-refractivity contribution is 0.822. The van der Waals surface area contributed by atoms with E-state index in [2.05, 4.69) is 56.0 Å². The van der Waals surface area contributed by atoms with Crippen molar-refractivity contribution in [2.75, 3.05) is 18.5 Å². The third-order valence-electron chi connectivity index (χ3n) is 4.19. The van der Waals surface area contributed by atoms with E-state index < -0.39 is 0 Å². The van der Waals surface area contributed by atoms with Crippen molar-refractivity contribution in [1.29, 1.82) is 0 Å². The quantitative estimate of drug-likeness (QED) is 0.691. The van der Waals surface area contributed by atoms with E-state index in [9.17, 15) is 0 Å². The van der Waals surface area contributed by atoms with Crippen molar-refractivity contribution in [1.82, 2.24) is 19.7 Å². The first-order chi connectivity index (χ1) is 10.7. The molecule has 4 rings (SSSR count). The second-order valence-corrected chi connectivity index (χ2v) is 5.62. The summed E-state index contributed by atoms with van der Waals surface area (Å²) in [5.74, 6) is 1.96. The van der Waals surface area contributed by atoms with Crippen molar-refractivity contribution in [3.8, 4) is 16.8 Å². The highest BCUT2D eigenvalue weighted by molar-refractivity contribution is 5.74. The van der Waals surface area contributed by atoms with Gasteiger partial charge in [-0.15, -0.1) is 10.2 Å². The topological polar surface area (TPSA) is 46.8 Å². The van der Waals surface area contributed by atoms with Crippen LogP contribution in [0.3, 0.4) is 0 Å². The van der Waals surface area contributed by atoms with E-state index in [1.54, 1.807) is 6.20 Å². The summed E-state index contributed by atoms with van der Waals surface area (Å²) >= 11 is 0. The Morgan fingerprint density at radius 2 is 1.95 bits per heavy atom. The molecule has 1 aliphatic rings. The third kappa shape index (κ3) is 1.97. The van der Waals surface area contributed by atoms with Gasteiger partial charge >= 0.3 is 0 Å².